The minimum absolute atomic E-state index is 0.0202. The van der Waals surface area contributed by atoms with Gasteiger partial charge in [0, 0.05) is 26.6 Å². The zero-order chi connectivity index (χ0) is 24.2. The molecule has 10 heteroatoms. The molecule has 1 aliphatic rings. The maximum atomic E-state index is 13.2. The second-order valence-corrected chi connectivity index (χ2v) is 8.26. The fraction of sp³-hybridized carbons (Fsp3) is 0.435. The molecule has 1 aromatic carbocycles. The predicted molar refractivity (Wildman–Crippen MR) is 117 cm³/mol. The number of rotatable bonds is 6. The average Bonchev–Trinajstić information content (AvgIpc) is 2.77. The number of piperidine rings is 1. The minimum Gasteiger partial charge on any atom is -0.388 e. The molecule has 1 fully saturated rings. The highest BCUT2D eigenvalue weighted by molar-refractivity contribution is 5.76. The first kappa shape index (κ1) is 24.5. The van der Waals surface area contributed by atoms with E-state index >= 15 is 0 Å². The van der Waals surface area contributed by atoms with E-state index in [2.05, 4.69) is 16.9 Å². The Balaban J connectivity index is 1.67. The third-order valence-electron chi connectivity index (χ3n) is 5.95. The number of benzene rings is 1. The van der Waals surface area contributed by atoms with Crippen LogP contribution in [-0.4, -0.2) is 57.4 Å². The molecule has 178 valence electrons. The highest BCUT2D eigenvalue weighted by Gasteiger charge is 2.36. The van der Waals surface area contributed by atoms with Crippen LogP contribution in [-0.2, 0) is 17.8 Å². The SMILES string of the molecule is C=c1c(=N)/c(=C(\NC)C(F)(F)F)ncn1CC1(O)CCN(C(=O)CCc2ccccc2)CC1. The van der Waals surface area contributed by atoms with E-state index in [1.54, 1.807) is 4.90 Å². The number of carbonyl (C=O) groups excluding carboxylic acids is 1. The highest BCUT2D eigenvalue weighted by Crippen LogP contribution is 2.24. The van der Waals surface area contributed by atoms with Gasteiger partial charge in [0.15, 0.2) is 0 Å². The van der Waals surface area contributed by atoms with Gasteiger partial charge in [-0.3, -0.25) is 10.2 Å². The third kappa shape index (κ3) is 5.81. The van der Waals surface area contributed by atoms with Gasteiger partial charge in [-0.05, 0) is 24.8 Å². The van der Waals surface area contributed by atoms with Crippen molar-refractivity contribution >= 4 is 18.2 Å². The Morgan fingerprint density at radius 1 is 1.27 bits per heavy atom. The zero-order valence-electron chi connectivity index (χ0n) is 18.5. The summed E-state index contributed by atoms with van der Waals surface area (Å²) >= 11 is 0. The molecule has 0 spiro atoms. The minimum atomic E-state index is -4.69. The Kier molecular flexibility index (Phi) is 7.26. The van der Waals surface area contributed by atoms with E-state index in [0.29, 0.717) is 38.8 Å². The third-order valence-corrected chi connectivity index (χ3v) is 5.95. The lowest BCUT2D eigenvalue weighted by atomic mass is 9.91. The number of likely N-dealkylation sites (tertiary alicyclic amines) is 1. The van der Waals surface area contributed by atoms with Crippen LogP contribution in [0.25, 0.3) is 12.3 Å². The molecule has 2 heterocycles. The van der Waals surface area contributed by atoms with Crippen LogP contribution in [0.4, 0.5) is 13.2 Å². The molecular weight excluding hydrogens is 435 g/mol. The van der Waals surface area contributed by atoms with Gasteiger partial charge < -0.3 is 19.9 Å². The number of aliphatic hydroxyl groups is 1. The van der Waals surface area contributed by atoms with Crippen molar-refractivity contribution in [2.75, 3.05) is 20.1 Å². The summed E-state index contributed by atoms with van der Waals surface area (Å²) < 4.78 is 40.9. The Morgan fingerprint density at radius 2 is 1.91 bits per heavy atom. The number of carbonyl (C=O) groups is 1. The lowest BCUT2D eigenvalue weighted by Crippen LogP contribution is -2.54. The van der Waals surface area contributed by atoms with Gasteiger partial charge in [0.25, 0.3) is 0 Å². The van der Waals surface area contributed by atoms with Gasteiger partial charge in [-0.25, -0.2) is 4.98 Å². The molecule has 7 nitrogen and oxygen atoms in total. The fourth-order valence-corrected chi connectivity index (χ4v) is 3.96. The summed E-state index contributed by atoms with van der Waals surface area (Å²) in [6.45, 7) is 4.50. The zero-order valence-corrected chi connectivity index (χ0v) is 18.5. The molecule has 0 saturated carbocycles. The van der Waals surface area contributed by atoms with Crippen molar-refractivity contribution in [3.8, 4) is 0 Å². The van der Waals surface area contributed by atoms with E-state index in [-0.39, 0.29) is 17.8 Å². The van der Waals surface area contributed by atoms with Crippen LogP contribution >= 0.6 is 0 Å². The van der Waals surface area contributed by atoms with Crippen molar-refractivity contribution in [3.05, 3.63) is 58.3 Å². The number of nitrogens with one attached hydrogen (secondary N) is 2. The maximum Gasteiger partial charge on any atom is 0.433 e. The van der Waals surface area contributed by atoms with Crippen molar-refractivity contribution < 1.29 is 23.1 Å². The summed E-state index contributed by atoms with van der Waals surface area (Å²) in [6, 6.07) is 9.73. The summed E-state index contributed by atoms with van der Waals surface area (Å²) in [5.41, 5.74) is -1.21. The largest absolute Gasteiger partial charge is 0.433 e. The Labute approximate surface area is 189 Å². The molecule has 3 rings (SSSR count). The van der Waals surface area contributed by atoms with Gasteiger partial charge >= 0.3 is 6.18 Å². The second kappa shape index (κ2) is 9.78. The number of amides is 1. The van der Waals surface area contributed by atoms with Crippen LogP contribution < -0.4 is 21.4 Å². The van der Waals surface area contributed by atoms with Crippen LogP contribution in [0.2, 0.25) is 0 Å². The summed E-state index contributed by atoms with van der Waals surface area (Å²) in [7, 11) is 1.12. The van der Waals surface area contributed by atoms with Gasteiger partial charge in [0.2, 0.25) is 5.91 Å². The molecule has 0 aliphatic carbocycles. The smallest absolute Gasteiger partial charge is 0.388 e. The molecule has 1 amide bonds. The molecule has 0 bridgehead atoms. The molecule has 1 saturated heterocycles. The summed E-state index contributed by atoms with van der Waals surface area (Å²) in [5, 5.41) is 20.2. The molecule has 1 aliphatic heterocycles. The van der Waals surface area contributed by atoms with E-state index < -0.39 is 28.2 Å². The number of hydrogen-bond acceptors (Lipinski definition) is 5. The standard InChI is InChI=1S/C23H28F3N5O2/c1-16-19(27)20(21(28-2)23(24,25)26)29-15-31(16)14-22(33)10-12-30(13-11-22)18(32)9-8-17-6-4-3-5-7-17/h3-7,15,27-28,33H,1,8-14H2,2H3/b21-20+,27-19?. The molecule has 0 unspecified atom stereocenters. The highest BCUT2D eigenvalue weighted by atomic mass is 19.4. The number of halogens is 3. The fourth-order valence-electron chi connectivity index (χ4n) is 3.96. The van der Waals surface area contributed by atoms with Crippen molar-refractivity contribution in [1.82, 2.24) is 19.8 Å². The monoisotopic (exact) mass is 463 g/mol. The maximum absolute atomic E-state index is 13.2. The van der Waals surface area contributed by atoms with Crippen LogP contribution in [0, 0.1) is 5.41 Å². The molecule has 1 aromatic heterocycles. The molecule has 2 aromatic rings. The van der Waals surface area contributed by atoms with Gasteiger partial charge in [0.1, 0.15) is 16.4 Å². The summed E-state index contributed by atoms with van der Waals surface area (Å²) in [6.07, 6.45) is -1.88. The first-order valence-corrected chi connectivity index (χ1v) is 10.7. The van der Waals surface area contributed by atoms with Gasteiger partial charge in [0.05, 0.1) is 23.8 Å². The van der Waals surface area contributed by atoms with Gasteiger partial charge in [-0.2, -0.15) is 13.2 Å². The Bertz CT molecular complexity index is 1150. The number of nitrogens with zero attached hydrogens (tertiary/aromatic N) is 3. The predicted octanol–water partition coefficient (Wildman–Crippen LogP) is 0.649. The van der Waals surface area contributed by atoms with Crippen LogP contribution in [0.5, 0.6) is 0 Å². The molecule has 0 atom stereocenters. The molecule has 33 heavy (non-hydrogen) atoms. The Morgan fingerprint density at radius 3 is 2.48 bits per heavy atom. The number of aryl methyl sites for hydroxylation is 1. The number of aromatic nitrogens is 2. The van der Waals surface area contributed by atoms with Crippen LogP contribution in [0.3, 0.4) is 0 Å². The number of alkyl halides is 3. The van der Waals surface area contributed by atoms with Crippen molar-refractivity contribution in [2.45, 2.75) is 44.0 Å². The van der Waals surface area contributed by atoms with Crippen molar-refractivity contribution in [3.63, 3.8) is 0 Å². The van der Waals surface area contributed by atoms with Gasteiger partial charge in [-0.1, -0.05) is 36.9 Å². The number of hydrogen-bond donors (Lipinski definition) is 3. The van der Waals surface area contributed by atoms with E-state index in [9.17, 15) is 23.1 Å². The molecular formula is C23H28F3N5O2. The average molecular weight is 464 g/mol. The first-order valence-electron chi connectivity index (χ1n) is 10.7. The van der Waals surface area contributed by atoms with E-state index in [0.717, 1.165) is 18.9 Å². The lowest BCUT2D eigenvalue weighted by Gasteiger charge is -2.38. The van der Waals surface area contributed by atoms with Crippen LogP contribution in [0.1, 0.15) is 24.8 Å². The molecule has 3 N–H and O–H groups in total. The Hall–Kier alpha value is -3.14. The normalized spacial score (nSPS) is 16.9. The summed E-state index contributed by atoms with van der Waals surface area (Å²) in [5.74, 6) is 0.0214. The first-order chi connectivity index (χ1) is 15.5. The second-order valence-electron chi connectivity index (χ2n) is 8.26. The van der Waals surface area contributed by atoms with Crippen molar-refractivity contribution in [2.24, 2.45) is 0 Å². The quantitative estimate of drug-likeness (QED) is 0.587. The van der Waals surface area contributed by atoms with Crippen molar-refractivity contribution in [1.29, 1.82) is 5.41 Å². The van der Waals surface area contributed by atoms with E-state index in [1.807, 2.05) is 30.3 Å². The van der Waals surface area contributed by atoms with Crippen LogP contribution in [0.15, 0.2) is 36.7 Å². The lowest BCUT2D eigenvalue weighted by molar-refractivity contribution is -0.135. The van der Waals surface area contributed by atoms with E-state index in [4.69, 9.17) is 5.41 Å². The topological polar surface area (TPSA) is 94.2 Å². The molecule has 0 radical (unpaired) electrons. The summed E-state index contributed by atoms with van der Waals surface area (Å²) in [4.78, 5) is 18.1. The van der Waals surface area contributed by atoms with Gasteiger partial charge in [-0.15, -0.1) is 0 Å². The van der Waals surface area contributed by atoms with E-state index in [1.165, 1.54) is 4.57 Å².